The average Bonchev–Trinajstić information content (AvgIpc) is 2.79. The number of alkyl halides is 2. The standard InChI is InChI=1S/C16H11BrF2N2O3/c1-23-9-2-3-12-10(5-9)15(7-16(18,19)14(22)21-15)11-4-8(17)6-20-13(11)24-12/h2-6H,7H2,1H3,(H,21,22). The zero-order chi connectivity index (χ0) is 17.1. The second-order valence-corrected chi connectivity index (χ2v) is 6.63. The van der Waals surface area contributed by atoms with Gasteiger partial charge in [-0.25, -0.2) is 4.98 Å². The van der Waals surface area contributed by atoms with Crippen LogP contribution in [0.3, 0.4) is 0 Å². The number of carbonyl (C=O) groups excluding carboxylic acids is 1. The SMILES string of the molecule is COc1ccc2c(c1)C1(CC(F)(F)C(=O)N1)c1cc(Br)cnc1O2. The molecule has 5 nitrogen and oxygen atoms in total. The predicted octanol–water partition coefficient (Wildman–Crippen LogP) is 3.36. The van der Waals surface area contributed by atoms with E-state index < -0.39 is 23.8 Å². The Morgan fingerprint density at radius 3 is 2.79 bits per heavy atom. The van der Waals surface area contributed by atoms with Crippen molar-refractivity contribution in [1.29, 1.82) is 0 Å². The van der Waals surface area contributed by atoms with Gasteiger partial charge in [-0.1, -0.05) is 0 Å². The van der Waals surface area contributed by atoms with Crippen LogP contribution < -0.4 is 14.8 Å². The van der Waals surface area contributed by atoms with Crippen molar-refractivity contribution >= 4 is 21.8 Å². The van der Waals surface area contributed by atoms with Crippen molar-refractivity contribution in [3.05, 3.63) is 46.1 Å². The summed E-state index contributed by atoms with van der Waals surface area (Å²) in [5.41, 5.74) is -0.627. The molecule has 1 aromatic carbocycles. The summed E-state index contributed by atoms with van der Waals surface area (Å²) in [7, 11) is 1.48. The maximum Gasteiger partial charge on any atom is 0.327 e. The number of nitrogens with one attached hydrogen (secondary N) is 1. The number of amides is 1. The van der Waals surface area contributed by atoms with E-state index in [1.54, 1.807) is 24.3 Å². The summed E-state index contributed by atoms with van der Waals surface area (Å²) < 4.78 is 39.8. The van der Waals surface area contributed by atoms with Gasteiger partial charge in [0.15, 0.2) is 0 Å². The second-order valence-electron chi connectivity index (χ2n) is 5.71. The number of halogens is 3. The number of aromatic nitrogens is 1. The summed E-state index contributed by atoms with van der Waals surface area (Å²) in [6.45, 7) is 0. The van der Waals surface area contributed by atoms with Crippen molar-refractivity contribution in [2.45, 2.75) is 17.9 Å². The molecule has 0 aliphatic carbocycles. The highest BCUT2D eigenvalue weighted by Gasteiger charge is 2.60. The van der Waals surface area contributed by atoms with Crippen LogP contribution in [-0.2, 0) is 10.3 Å². The van der Waals surface area contributed by atoms with Crippen LogP contribution >= 0.6 is 15.9 Å². The van der Waals surface area contributed by atoms with E-state index in [0.717, 1.165) is 0 Å². The molecule has 4 rings (SSSR count). The molecule has 0 bridgehead atoms. The minimum atomic E-state index is -3.49. The minimum absolute atomic E-state index is 0.189. The Labute approximate surface area is 144 Å². The van der Waals surface area contributed by atoms with Gasteiger partial charge in [0.1, 0.15) is 17.0 Å². The molecule has 1 amide bonds. The van der Waals surface area contributed by atoms with Gasteiger partial charge in [0.05, 0.1) is 13.5 Å². The van der Waals surface area contributed by atoms with E-state index >= 15 is 0 Å². The number of hydrogen-bond acceptors (Lipinski definition) is 4. The van der Waals surface area contributed by atoms with E-state index in [2.05, 4.69) is 26.2 Å². The summed E-state index contributed by atoms with van der Waals surface area (Å²) >= 11 is 3.29. The van der Waals surface area contributed by atoms with E-state index in [4.69, 9.17) is 9.47 Å². The first kappa shape index (κ1) is 15.3. The molecule has 2 aromatic rings. The molecule has 8 heteroatoms. The summed E-state index contributed by atoms with van der Waals surface area (Å²) in [5, 5.41) is 2.47. The maximum absolute atomic E-state index is 14.1. The van der Waals surface area contributed by atoms with Crippen molar-refractivity contribution < 1.29 is 23.0 Å². The van der Waals surface area contributed by atoms with Crippen molar-refractivity contribution in [1.82, 2.24) is 10.3 Å². The zero-order valence-corrected chi connectivity index (χ0v) is 14.0. The van der Waals surface area contributed by atoms with Gasteiger partial charge in [0.25, 0.3) is 5.91 Å². The maximum atomic E-state index is 14.1. The fraction of sp³-hybridized carbons (Fsp3) is 0.250. The number of methoxy groups -OCH3 is 1. The van der Waals surface area contributed by atoms with Crippen LogP contribution in [0.2, 0.25) is 0 Å². The van der Waals surface area contributed by atoms with E-state index in [-0.39, 0.29) is 5.88 Å². The smallest absolute Gasteiger partial charge is 0.327 e. The minimum Gasteiger partial charge on any atom is -0.497 e. The molecule has 1 atom stereocenters. The number of rotatable bonds is 1. The topological polar surface area (TPSA) is 60.5 Å². The first-order chi connectivity index (χ1) is 11.4. The van der Waals surface area contributed by atoms with Gasteiger partial charge in [-0.15, -0.1) is 0 Å². The molecule has 0 radical (unpaired) electrons. The lowest BCUT2D eigenvalue weighted by atomic mass is 9.79. The van der Waals surface area contributed by atoms with Crippen LogP contribution in [0.1, 0.15) is 17.5 Å². The van der Waals surface area contributed by atoms with Crippen LogP contribution in [0.5, 0.6) is 17.4 Å². The number of fused-ring (bicyclic) bond motifs is 4. The molecular weight excluding hydrogens is 386 g/mol. The van der Waals surface area contributed by atoms with Gasteiger partial charge in [-0.2, -0.15) is 8.78 Å². The van der Waals surface area contributed by atoms with E-state index in [1.807, 2.05) is 0 Å². The lowest BCUT2D eigenvalue weighted by molar-refractivity contribution is -0.139. The van der Waals surface area contributed by atoms with Crippen LogP contribution in [-0.4, -0.2) is 23.9 Å². The first-order valence-electron chi connectivity index (χ1n) is 7.08. The van der Waals surface area contributed by atoms with Crippen molar-refractivity contribution in [2.75, 3.05) is 7.11 Å². The molecule has 2 aliphatic heterocycles. The molecule has 2 aliphatic rings. The Kier molecular flexibility index (Phi) is 3.12. The summed E-state index contributed by atoms with van der Waals surface area (Å²) in [6.07, 6.45) is 0.795. The summed E-state index contributed by atoms with van der Waals surface area (Å²) in [6, 6.07) is 6.50. The molecule has 1 aromatic heterocycles. The predicted molar refractivity (Wildman–Crippen MR) is 83.5 cm³/mol. The van der Waals surface area contributed by atoms with Crippen LogP contribution in [0.4, 0.5) is 8.78 Å². The van der Waals surface area contributed by atoms with E-state index in [9.17, 15) is 13.6 Å². The van der Waals surface area contributed by atoms with Gasteiger partial charge < -0.3 is 14.8 Å². The van der Waals surface area contributed by atoms with Crippen molar-refractivity contribution in [2.24, 2.45) is 0 Å². The van der Waals surface area contributed by atoms with Gasteiger partial charge in [0.2, 0.25) is 5.88 Å². The molecule has 1 saturated heterocycles. The fourth-order valence-corrected chi connectivity index (χ4v) is 3.52. The Morgan fingerprint density at radius 2 is 2.12 bits per heavy atom. The monoisotopic (exact) mass is 396 g/mol. The largest absolute Gasteiger partial charge is 0.497 e. The van der Waals surface area contributed by atoms with Crippen molar-refractivity contribution in [3.63, 3.8) is 0 Å². The lowest BCUT2D eigenvalue weighted by Crippen LogP contribution is -2.42. The molecule has 1 spiro atoms. The highest BCUT2D eigenvalue weighted by atomic mass is 79.9. The molecule has 0 saturated carbocycles. The number of benzene rings is 1. The molecule has 3 heterocycles. The molecule has 1 unspecified atom stereocenters. The highest BCUT2D eigenvalue weighted by molar-refractivity contribution is 9.10. The van der Waals surface area contributed by atoms with Crippen molar-refractivity contribution in [3.8, 4) is 17.4 Å². The quantitative estimate of drug-likeness (QED) is 0.802. The summed E-state index contributed by atoms with van der Waals surface area (Å²) in [5.74, 6) is -3.78. The van der Waals surface area contributed by atoms with Gasteiger partial charge in [-0.05, 0) is 40.2 Å². The highest BCUT2D eigenvalue weighted by Crippen LogP contribution is 2.54. The second kappa shape index (κ2) is 4.89. The van der Waals surface area contributed by atoms with Crippen LogP contribution in [0.15, 0.2) is 34.9 Å². The number of ether oxygens (including phenoxy) is 2. The van der Waals surface area contributed by atoms with Gasteiger partial charge in [0, 0.05) is 21.8 Å². The summed E-state index contributed by atoms with van der Waals surface area (Å²) in [4.78, 5) is 16.0. The molecule has 24 heavy (non-hydrogen) atoms. The normalized spacial score (nSPS) is 23.2. The molecule has 124 valence electrons. The molecule has 1 N–H and O–H groups in total. The Balaban J connectivity index is 2.01. The zero-order valence-electron chi connectivity index (χ0n) is 12.4. The Bertz CT molecular complexity index is 874. The van der Waals surface area contributed by atoms with Gasteiger partial charge >= 0.3 is 5.92 Å². The average molecular weight is 397 g/mol. The fourth-order valence-electron chi connectivity index (χ4n) is 3.19. The third kappa shape index (κ3) is 2.02. The van der Waals surface area contributed by atoms with Gasteiger partial charge in [-0.3, -0.25) is 4.79 Å². The first-order valence-corrected chi connectivity index (χ1v) is 7.88. The number of hydrogen-bond donors (Lipinski definition) is 1. The van der Waals surface area contributed by atoms with E-state index in [0.29, 0.717) is 27.1 Å². The van der Waals surface area contributed by atoms with Crippen LogP contribution in [0.25, 0.3) is 0 Å². The Morgan fingerprint density at radius 1 is 1.33 bits per heavy atom. The van der Waals surface area contributed by atoms with E-state index in [1.165, 1.54) is 13.3 Å². The third-order valence-electron chi connectivity index (χ3n) is 4.28. The lowest BCUT2D eigenvalue weighted by Gasteiger charge is -2.36. The molecule has 1 fully saturated rings. The number of carbonyl (C=O) groups is 1. The third-order valence-corrected chi connectivity index (χ3v) is 4.71. The molecular formula is C16H11BrF2N2O3. The van der Waals surface area contributed by atoms with Crippen LogP contribution in [0, 0.1) is 0 Å². The number of pyridine rings is 1. The Hall–Kier alpha value is -2.22. The number of nitrogens with zero attached hydrogens (tertiary/aromatic N) is 1.